The van der Waals surface area contributed by atoms with Crippen molar-refractivity contribution < 1.29 is 28.5 Å². The molecule has 0 unspecified atom stereocenters. The Bertz CT molecular complexity index is 1500. The van der Waals surface area contributed by atoms with Gasteiger partial charge < -0.3 is 8.83 Å². The van der Waals surface area contributed by atoms with E-state index in [0.29, 0.717) is 12.1 Å². The summed E-state index contributed by atoms with van der Waals surface area (Å²) in [6, 6.07) is 1.40. The fraction of sp³-hybridized carbons (Fsp3) is 0. The molecule has 0 aliphatic heterocycles. The zero-order valence-electron chi connectivity index (χ0n) is 13.8. The molecule has 0 amide bonds. The standard InChI is InChI=1S/C14H2N4O12/c19-13-4-1-3(15(21)22)2-5-6(4)7-11(29-13)9(17(25)26)8(16(23)24)10(18(27)28)12(7)30-14(5)20/h1-2H. The molecule has 0 aliphatic carbocycles. The Hall–Kier alpha value is -5.02. The summed E-state index contributed by atoms with van der Waals surface area (Å²) in [5.41, 5.74) is -10.3. The van der Waals surface area contributed by atoms with E-state index in [2.05, 4.69) is 0 Å². The normalized spacial score (nSPS) is 11.3. The highest BCUT2D eigenvalue weighted by Gasteiger charge is 2.45. The first-order valence-corrected chi connectivity index (χ1v) is 7.48. The summed E-state index contributed by atoms with van der Waals surface area (Å²) < 4.78 is 9.59. The third-order valence-corrected chi connectivity index (χ3v) is 4.29. The van der Waals surface area contributed by atoms with Crippen molar-refractivity contribution >= 4 is 55.5 Å². The minimum absolute atomic E-state index is 0.459. The second kappa shape index (κ2) is 5.74. The van der Waals surface area contributed by atoms with Gasteiger partial charge in [0.25, 0.3) is 5.69 Å². The SMILES string of the molecule is O=c1oc2c([N+](=O)[O-])c([N+](=O)[O-])c([N+](=O)[O-])c3oc(=O)c4cc([N+](=O)[O-])cc1c4c23. The van der Waals surface area contributed by atoms with Crippen LogP contribution in [0.25, 0.3) is 32.7 Å². The maximum atomic E-state index is 12.4. The van der Waals surface area contributed by atoms with Gasteiger partial charge in [0.1, 0.15) is 0 Å². The van der Waals surface area contributed by atoms with Crippen LogP contribution < -0.4 is 11.3 Å². The molecule has 150 valence electrons. The van der Waals surface area contributed by atoms with Crippen molar-refractivity contribution in [3.05, 3.63) is 73.4 Å². The molecule has 0 radical (unpaired) electrons. The van der Waals surface area contributed by atoms with Gasteiger partial charge in [-0.1, -0.05) is 0 Å². The summed E-state index contributed by atoms with van der Waals surface area (Å²) in [5.74, 6) is 0. The van der Waals surface area contributed by atoms with Gasteiger partial charge in [-0.2, -0.15) is 0 Å². The molecule has 2 heterocycles. The highest BCUT2D eigenvalue weighted by atomic mass is 16.7. The van der Waals surface area contributed by atoms with Crippen LogP contribution in [0.2, 0.25) is 0 Å². The van der Waals surface area contributed by atoms with Gasteiger partial charge in [-0.15, -0.1) is 0 Å². The summed E-state index contributed by atoms with van der Waals surface area (Å²) in [6.45, 7) is 0. The van der Waals surface area contributed by atoms with Crippen LogP contribution in [-0.2, 0) is 0 Å². The predicted octanol–water partition coefficient (Wildman–Crippen LogP) is 2.12. The first kappa shape index (κ1) is 18.3. The lowest BCUT2D eigenvalue weighted by Crippen LogP contribution is -2.11. The molecular weight excluding hydrogens is 416 g/mol. The van der Waals surface area contributed by atoms with Crippen LogP contribution in [0.15, 0.2) is 30.6 Å². The topological polar surface area (TPSA) is 233 Å². The van der Waals surface area contributed by atoms with Gasteiger partial charge in [-0.3, -0.25) is 40.5 Å². The van der Waals surface area contributed by atoms with Gasteiger partial charge in [-0.25, -0.2) is 9.59 Å². The van der Waals surface area contributed by atoms with Gasteiger partial charge >= 0.3 is 28.3 Å². The Morgan fingerprint density at radius 3 is 1.33 bits per heavy atom. The molecule has 0 N–H and O–H groups in total. The highest BCUT2D eigenvalue weighted by Crippen LogP contribution is 2.48. The molecule has 0 fully saturated rings. The van der Waals surface area contributed by atoms with Gasteiger partial charge in [0, 0.05) is 17.5 Å². The van der Waals surface area contributed by atoms with Crippen LogP contribution in [0.4, 0.5) is 22.7 Å². The van der Waals surface area contributed by atoms with Crippen molar-refractivity contribution in [1.29, 1.82) is 0 Å². The molecule has 0 saturated carbocycles. The van der Waals surface area contributed by atoms with Crippen LogP contribution in [0, 0.1) is 40.5 Å². The molecule has 16 heteroatoms. The van der Waals surface area contributed by atoms with Gasteiger partial charge in [0.2, 0.25) is 11.2 Å². The summed E-state index contributed by atoms with van der Waals surface area (Å²) in [6.07, 6.45) is 0. The summed E-state index contributed by atoms with van der Waals surface area (Å²) in [7, 11) is 0. The molecule has 0 aliphatic rings. The first-order valence-electron chi connectivity index (χ1n) is 7.48. The van der Waals surface area contributed by atoms with E-state index >= 15 is 0 Å². The van der Waals surface area contributed by atoms with Gasteiger partial charge in [-0.05, 0) is 0 Å². The van der Waals surface area contributed by atoms with E-state index in [4.69, 9.17) is 8.83 Å². The van der Waals surface area contributed by atoms with Crippen LogP contribution >= 0.6 is 0 Å². The lowest BCUT2D eigenvalue weighted by molar-refractivity contribution is -0.439. The Kier molecular flexibility index (Phi) is 3.51. The molecule has 2 aromatic heterocycles. The largest absolute Gasteiger partial charge is 0.430 e. The van der Waals surface area contributed by atoms with E-state index in [1.54, 1.807) is 0 Å². The van der Waals surface area contributed by atoms with Gasteiger partial charge in [0.05, 0.1) is 35.9 Å². The first-order chi connectivity index (χ1) is 14.0. The maximum Gasteiger partial charge on any atom is 0.430 e. The third-order valence-electron chi connectivity index (χ3n) is 4.29. The van der Waals surface area contributed by atoms with E-state index < -0.39 is 86.4 Å². The highest BCUT2D eigenvalue weighted by molar-refractivity contribution is 6.24. The van der Waals surface area contributed by atoms with Crippen LogP contribution in [-0.4, -0.2) is 19.7 Å². The summed E-state index contributed by atoms with van der Waals surface area (Å²) in [4.78, 5) is 65.1. The number of nitro groups is 4. The Morgan fingerprint density at radius 1 is 0.600 bits per heavy atom. The van der Waals surface area contributed by atoms with Gasteiger partial charge in [0.15, 0.2) is 0 Å². The molecule has 4 aromatic rings. The zero-order valence-corrected chi connectivity index (χ0v) is 13.8. The second-order valence-corrected chi connectivity index (χ2v) is 5.80. The van der Waals surface area contributed by atoms with E-state index in [1.807, 2.05) is 0 Å². The molecule has 0 saturated heterocycles. The van der Waals surface area contributed by atoms with Crippen molar-refractivity contribution in [1.82, 2.24) is 0 Å². The average molecular weight is 418 g/mol. The van der Waals surface area contributed by atoms with Crippen molar-refractivity contribution in [3.63, 3.8) is 0 Å². The molecule has 4 rings (SSSR count). The van der Waals surface area contributed by atoms with Crippen LogP contribution in [0.1, 0.15) is 0 Å². The Morgan fingerprint density at radius 2 is 1.00 bits per heavy atom. The molecule has 30 heavy (non-hydrogen) atoms. The van der Waals surface area contributed by atoms with E-state index in [0.717, 1.165) is 0 Å². The number of benzene rings is 2. The molecule has 2 aromatic carbocycles. The minimum atomic E-state index is -1.66. The maximum absolute atomic E-state index is 12.4. The minimum Gasteiger partial charge on any atom is -0.414 e. The monoisotopic (exact) mass is 418 g/mol. The lowest BCUT2D eigenvalue weighted by atomic mass is 10.00. The van der Waals surface area contributed by atoms with Crippen LogP contribution in [0.3, 0.4) is 0 Å². The average Bonchev–Trinajstić information content (AvgIpc) is 2.65. The zero-order chi connectivity index (χ0) is 22.1. The van der Waals surface area contributed by atoms with E-state index in [-0.39, 0.29) is 0 Å². The lowest BCUT2D eigenvalue weighted by Gasteiger charge is -2.08. The van der Waals surface area contributed by atoms with E-state index in [9.17, 15) is 50.0 Å². The fourth-order valence-electron chi connectivity index (χ4n) is 3.22. The Balaban J connectivity index is 2.50. The molecular formula is C14H2N4O12. The Labute approximate surface area is 158 Å². The molecule has 16 nitrogen and oxygen atoms in total. The summed E-state index contributed by atoms with van der Waals surface area (Å²) in [5, 5.41) is 43.2. The van der Waals surface area contributed by atoms with Crippen molar-refractivity contribution in [3.8, 4) is 0 Å². The third kappa shape index (κ3) is 2.20. The number of nitrogens with zero attached hydrogens (tertiary/aromatic N) is 4. The second-order valence-electron chi connectivity index (χ2n) is 5.80. The number of rotatable bonds is 4. The van der Waals surface area contributed by atoms with E-state index in [1.165, 1.54) is 0 Å². The van der Waals surface area contributed by atoms with Crippen LogP contribution in [0.5, 0.6) is 0 Å². The van der Waals surface area contributed by atoms with Crippen molar-refractivity contribution in [2.24, 2.45) is 0 Å². The van der Waals surface area contributed by atoms with Crippen molar-refractivity contribution in [2.45, 2.75) is 0 Å². The molecule has 0 atom stereocenters. The number of hydrogen-bond acceptors (Lipinski definition) is 12. The predicted molar refractivity (Wildman–Crippen MR) is 93.8 cm³/mol. The number of nitro benzene ring substituents is 4. The number of non-ortho nitro benzene ring substituents is 1. The fourth-order valence-corrected chi connectivity index (χ4v) is 3.22. The van der Waals surface area contributed by atoms with Crippen molar-refractivity contribution in [2.75, 3.05) is 0 Å². The number of hydrogen-bond donors (Lipinski definition) is 0. The molecule has 0 spiro atoms. The summed E-state index contributed by atoms with van der Waals surface area (Å²) >= 11 is 0. The molecule has 0 bridgehead atoms. The quantitative estimate of drug-likeness (QED) is 0.200. The smallest absolute Gasteiger partial charge is 0.414 e.